The number of rotatable bonds is 5. The lowest BCUT2D eigenvalue weighted by Crippen LogP contribution is -2.26. The smallest absolute Gasteiger partial charge is 0.276 e. The minimum atomic E-state index is -0.448. The molecule has 0 spiro atoms. The third-order valence-corrected chi connectivity index (χ3v) is 6.32. The number of thiazole rings is 1. The van der Waals surface area contributed by atoms with Gasteiger partial charge in [-0.15, -0.1) is 11.3 Å². The summed E-state index contributed by atoms with van der Waals surface area (Å²) in [7, 11) is 0. The van der Waals surface area contributed by atoms with Gasteiger partial charge in [-0.2, -0.15) is 5.10 Å². The summed E-state index contributed by atoms with van der Waals surface area (Å²) in [5.74, 6) is -0.847. The van der Waals surface area contributed by atoms with Crippen LogP contribution in [-0.4, -0.2) is 20.7 Å². The highest BCUT2D eigenvalue weighted by molar-refractivity contribution is 7.21. The molecule has 34 heavy (non-hydrogen) atoms. The van der Waals surface area contributed by atoms with Crippen LogP contribution in [0.4, 0.5) is 10.1 Å². The van der Waals surface area contributed by atoms with Crippen LogP contribution in [0.3, 0.4) is 0 Å². The Kier molecular flexibility index (Phi) is 5.73. The van der Waals surface area contributed by atoms with Crippen LogP contribution >= 0.6 is 11.3 Å². The van der Waals surface area contributed by atoms with Crippen molar-refractivity contribution in [2.75, 3.05) is 5.32 Å². The van der Waals surface area contributed by atoms with E-state index in [0.29, 0.717) is 11.3 Å². The van der Waals surface area contributed by atoms with Gasteiger partial charge in [-0.3, -0.25) is 9.59 Å². The van der Waals surface area contributed by atoms with Crippen molar-refractivity contribution in [3.63, 3.8) is 0 Å². The summed E-state index contributed by atoms with van der Waals surface area (Å²) in [6, 6.07) is 22.1. The summed E-state index contributed by atoms with van der Waals surface area (Å²) in [5.41, 5.74) is 3.98. The fourth-order valence-corrected chi connectivity index (χ4v) is 4.61. The Balaban J connectivity index is 1.32. The SMILES string of the molecule is Cc1ccc2nc(-c3ccc(NC(=O)c4ccc(=O)n(Cc5cccc(F)c5)n4)cc3)sc2c1. The van der Waals surface area contributed by atoms with Gasteiger partial charge in [-0.1, -0.05) is 18.2 Å². The molecule has 1 N–H and O–H groups in total. The Labute approximate surface area is 198 Å². The van der Waals surface area contributed by atoms with Crippen LogP contribution in [0.5, 0.6) is 0 Å². The highest BCUT2D eigenvalue weighted by Crippen LogP contribution is 2.31. The van der Waals surface area contributed by atoms with Gasteiger partial charge in [0, 0.05) is 17.3 Å². The minimum absolute atomic E-state index is 0.0636. The molecule has 2 heterocycles. The average Bonchev–Trinajstić information content (AvgIpc) is 3.24. The van der Waals surface area contributed by atoms with Crippen LogP contribution in [-0.2, 0) is 6.54 Å². The zero-order chi connectivity index (χ0) is 23.7. The van der Waals surface area contributed by atoms with E-state index in [0.717, 1.165) is 25.5 Å². The maximum Gasteiger partial charge on any atom is 0.276 e. The van der Waals surface area contributed by atoms with Crippen LogP contribution in [0.1, 0.15) is 21.6 Å². The van der Waals surface area contributed by atoms with Gasteiger partial charge in [-0.25, -0.2) is 14.1 Å². The second-order valence-electron chi connectivity index (χ2n) is 7.87. The van der Waals surface area contributed by atoms with Gasteiger partial charge in [-0.05, 0) is 72.6 Å². The van der Waals surface area contributed by atoms with Gasteiger partial charge >= 0.3 is 0 Å². The number of halogens is 1. The Hall–Kier alpha value is -4.17. The van der Waals surface area contributed by atoms with Crippen molar-refractivity contribution < 1.29 is 9.18 Å². The van der Waals surface area contributed by atoms with Crippen molar-refractivity contribution in [1.82, 2.24) is 14.8 Å². The molecule has 0 saturated heterocycles. The maximum atomic E-state index is 13.5. The Morgan fingerprint density at radius 2 is 1.85 bits per heavy atom. The van der Waals surface area contributed by atoms with E-state index in [-0.39, 0.29) is 17.8 Å². The third-order valence-electron chi connectivity index (χ3n) is 5.25. The number of nitrogens with one attached hydrogen (secondary N) is 1. The zero-order valence-electron chi connectivity index (χ0n) is 18.2. The molecule has 0 fully saturated rings. The van der Waals surface area contributed by atoms with E-state index >= 15 is 0 Å². The maximum absolute atomic E-state index is 13.5. The van der Waals surface area contributed by atoms with Gasteiger partial charge in [0.15, 0.2) is 0 Å². The summed E-state index contributed by atoms with van der Waals surface area (Å²) >= 11 is 1.62. The normalized spacial score (nSPS) is 11.0. The number of nitrogens with zero attached hydrogens (tertiary/aromatic N) is 3. The molecule has 0 radical (unpaired) electrons. The molecule has 0 aliphatic heterocycles. The van der Waals surface area contributed by atoms with Gasteiger partial charge in [0.1, 0.15) is 16.5 Å². The number of hydrogen-bond acceptors (Lipinski definition) is 5. The molecule has 1 amide bonds. The van der Waals surface area contributed by atoms with E-state index < -0.39 is 11.7 Å². The lowest BCUT2D eigenvalue weighted by Gasteiger charge is -2.08. The number of amides is 1. The first-order chi connectivity index (χ1) is 16.4. The zero-order valence-corrected chi connectivity index (χ0v) is 19.0. The van der Waals surface area contributed by atoms with E-state index in [1.807, 2.05) is 24.3 Å². The molecule has 0 bridgehead atoms. The van der Waals surface area contributed by atoms with E-state index in [9.17, 15) is 14.0 Å². The summed E-state index contributed by atoms with van der Waals surface area (Å²) in [6.45, 7) is 2.12. The van der Waals surface area contributed by atoms with Crippen molar-refractivity contribution >= 4 is 33.1 Å². The number of carbonyl (C=O) groups excluding carboxylic acids is 1. The van der Waals surface area contributed by atoms with Crippen molar-refractivity contribution in [3.05, 3.63) is 112 Å². The van der Waals surface area contributed by atoms with Gasteiger partial charge in [0.2, 0.25) is 0 Å². The molecule has 0 atom stereocenters. The van der Waals surface area contributed by atoms with E-state index in [2.05, 4.69) is 28.4 Å². The molecule has 5 aromatic rings. The first-order valence-corrected chi connectivity index (χ1v) is 11.4. The quantitative estimate of drug-likeness (QED) is 0.380. The summed E-state index contributed by atoms with van der Waals surface area (Å²) in [6.07, 6.45) is 0. The fourth-order valence-electron chi connectivity index (χ4n) is 3.54. The molecule has 3 aromatic carbocycles. The Morgan fingerprint density at radius 3 is 2.65 bits per heavy atom. The number of fused-ring (bicyclic) bond motifs is 1. The fraction of sp³-hybridized carbons (Fsp3) is 0.0769. The first kappa shape index (κ1) is 21.7. The first-order valence-electron chi connectivity index (χ1n) is 10.6. The Bertz CT molecular complexity index is 1570. The lowest BCUT2D eigenvalue weighted by molar-refractivity contribution is 0.102. The van der Waals surface area contributed by atoms with Gasteiger partial charge in [0.25, 0.3) is 11.5 Å². The molecular formula is C26H19FN4O2S. The molecule has 5 rings (SSSR count). The van der Waals surface area contributed by atoms with Crippen LogP contribution in [0.2, 0.25) is 0 Å². The van der Waals surface area contributed by atoms with Gasteiger partial charge in [0.05, 0.1) is 16.8 Å². The summed E-state index contributed by atoms with van der Waals surface area (Å²) in [4.78, 5) is 29.6. The van der Waals surface area contributed by atoms with Crippen LogP contribution in [0.15, 0.2) is 83.7 Å². The standard InChI is InChI=1S/C26H19FN4O2S/c1-16-5-10-21-23(13-16)34-26(29-21)18-6-8-20(9-7-18)28-25(33)22-11-12-24(32)31(30-22)15-17-3-2-4-19(27)14-17/h2-14H,15H2,1H3,(H,28,33). The van der Waals surface area contributed by atoms with Crippen molar-refractivity contribution in [2.24, 2.45) is 0 Å². The highest BCUT2D eigenvalue weighted by atomic mass is 32.1. The molecule has 0 unspecified atom stereocenters. The number of carbonyl (C=O) groups is 1. The number of aromatic nitrogens is 3. The third kappa shape index (κ3) is 4.62. The predicted molar refractivity (Wildman–Crippen MR) is 132 cm³/mol. The van der Waals surface area contributed by atoms with E-state index in [1.54, 1.807) is 35.6 Å². The molecule has 0 aliphatic rings. The van der Waals surface area contributed by atoms with Gasteiger partial charge < -0.3 is 5.32 Å². The van der Waals surface area contributed by atoms with Crippen molar-refractivity contribution in [3.8, 4) is 10.6 Å². The molecule has 0 aliphatic carbocycles. The van der Waals surface area contributed by atoms with E-state index in [1.165, 1.54) is 29.8 Å². The topological polar surface area (TPSA) is 76.9 Å². The minimum Gasteiger partial charge on any atom is -0.321 e. The number of hydrogen-bond donors (Lipinski definition) is 1. The van der Waals surface area contributed by atoms with E-state index in [4.69, 9.17) is 0 Å². The largest absolute Gasteiger partial charge is 0.321 e. The summed E-state index contributed by atoms with van der Waals surface area (Å²) < 4.78 is 15.7. The number of anilines is 1. The predicted octanol–water partition coefficient (Wildman–Crippen LogP) is 5.27. The molecule has 8 heteroatoms. The van der Waals surface area contributed by atoms with Crippen LogP contribution in [0, 0.1) is 12.7 Å². The number of aryl methyl sites for hydroxylation is 1. The second-order valence-corrected chi connectivity index (χ2v) is 8.90. The molecule has 6 nitrogen and oxygen atoms in total. The Morgan fingerprint density at radius 1 is 1.03 bits per heavy atom. The second kappa shape index (κ2) is 8.99. The molecule has 168 valence electrons. The monoisotopic (exact) mass is 470 g/mol. The molecule has 2 aromatic heterocycles. The van der Waals surface area contributed by atoms with Crippen LogP contribution < -0.4 is 10.9 Å². The highest BCUT2D eigenvalue weighted by Gasteiger charge is 2.12. The lowest BCUT2D eigenvalue weighted by atomic mass is 10.2. The summed E-state index contributed by atoms with van der Waals surface area (Å²) in [5, 5.41) is 7.85. The molecule has 0 saturated carbocycles. The van der Waals surface area contributed by atoms with Crippen molar-refractivity contribution in [2.45, 2.75) is 13.5 Å². The number of benzene rings is 3. The van der Waals surface area contributed by atoms with Crippen molar-refractivity contribution in [1.29, 1.82) is 0 Å². The van der Waals surface area contributed by atoms with Crippen LogP contribution in [0.25, 0.3) is 20.8 Å². The molecular weight excluding hydrogens is 451 g/mol. The average molecular weight is 471 g/mol.